The summed E-state index contributed by atoms with van der Waals surface area (Å²) in [6.07, 6.45) is 2.64. The van der Waals surface area contributed by atoms with Crippen molar-refractivity contribution in [2.75, 3.05) is 14.2 Å². The number of nitrogens with one attached hydrogen (secondary N) is 1. The molecule has 2 heterocycles. The van der Waals surface area contributed by atoms with Gasteiger partial charge < -0.3 is 10.1 Å². The molecular formula is C15H22N4O. The van der Waals surface area contributed by atoms with E-state index in [0.29, 0.717) is 0 Å². The summed E-state index contributed by atoms with van der Waals surface area (Å²) < 4.78 is 7.33. The van der Waals surface area contributed by atoms with Gasteiger partial charge in [0.1, 0.15) is 5.75 Å². The third-order valence-electron chi connectivity index (χ3n) is 3.77. The molecule has 2 aromatic rings. The quantitative estimate of drug-likeness (QED) is 0.905. The van der Waals surface area contributed by atoms with Crippen molar-refractivity contribution < 1.29 is 4.74 Å². The standard InChI is InChI=1S/C15H22N4O/c1-10-12(11(2)19(4)18-10)9-13(16-3)15-14(20-5)7-6-8-17-15/h6-8,13,16H,9H2,1-5H3. The first-order valence-electron chi connectivity index (χ1n) is 6.73. The molecule has 0 spiro atoms. The Balaban J connectivity index is 2.34. The Kier molecular flexibility index (Phi) is 4.39. The molecule has 0 aromatic carbocycles. The Morgan fingerprint density at radius 3 is 2.70 bits per heavy atom. The van der Waals surface area contributed by atoms with Crippen LogP contribution in [0.25, 0.3) is 0 Å². The minimum absolute atomic E-state index is 0.104. The molecule has 108 valence electrons. The fourth-order valence-corrected chi connectivity index (χ4v) is 2.49. The van der Waals surface area contributed by atoms with Gasteiger partial charge in [0.25, 0.3) is 0 Å². The Bertz CT molecular complexity index is 592. The van der Waals surface area contributed by atoms with Gasteiger partial charge in [-0.05, 0) is 45.0 Å². The van der Waals surface area contributed by atoms with Gasteiger partial charge in [-0.25, -0.2) is 0 Å². The fourth-order valence-electron chi connectivity index (χ4n) is 2.49. The van der Waals surface area contributed by atoms with Gasteiger partial charge in [0, 0.05) is 18.9 Å². The van der Waals surface area contributed by atoms with Crippen LogP contribution < -0.4 is 10.1 Å². The normalized spacial score (nSPS) is 12.4. The first-order chi connectivity index (χ1) is 9.58. The van der Waals surface area contributed by atoms with Gasteiger partial charge in [-0.15, -0.1) is 0 Å². The van der Waals surface area contributed by atoms with Gasteiger partial charge in [0.15, 0.2) is 0 Å². The Morgan fingerprint density at radius 1 is 1.40 bits per heavy atom. The van der Waals surface area contributed by atoms with Gasteiger partial charge in [-0.3, -0.25) is 9.67 Å². The predicted octanol–water partition coefficient (Wildman–Crippen LogP) is 1.94. The summed E-state index contributed by atoms with van der Waals surface area (Å²) in [4.78, 5) is 4.47. The van der Waals surface area contributed by atoms with Crippen LogP contribution in [-0.2, 0) is 13.5 Å². The zero-order chi connectivity index (χ0) is 14.7. The highest BCUT2D eigenvalue weighted by atomic mass is 16.5. The van der Waals surface area contributed by atoms with Gasteiger partial charge in [-0.1, -0.05) is 0 Å². The van der Waals surface area contributed by atoms with E-state index in [9.17, 15) is 0 Å². The Hall–Kier alpha value is -1.88. The number of hydrogen-bond acceptors (Lipinski definition) is 4. The number of pyridine rings is 1. The van der Waals surface area contributed by atoms with Crippen molar-refractivity contribution >= 4 is 0 Å². The van der Waals surface area contributed by atoms with Crippen molar-refractivity contribution in [3.63, 3.8) is 0 Å². The van der Waals surface area contributed by atoms with Crippen molar-refractivity contribution in [2.45, 2.75) is 26.3 Å². The van der Waals surface area contributed by atoms with Crippen molar-refractivity contribution in [1.82, 2.24) is 20.1 Å². The summed E-state index contributed by atoms with van der Waals surface area (Å²) >= 11 is 0. The molecule has 1 N–H and O–H groups in total. The highest BCUT2D eigenvalue weighted by Gasteiger charge is 2.20. The molecule has 1 unspecified atom stereocenters. The molecule has 0 bridgehead atoms. The summed E-state index contributed by atoms with van der Waals surface area (Å²) in [7, 11) is 5.59. The molecule has 0 saturated carbocycles. The fraction of sp³-hybridized carbons (Fsp3) is 0.467. The SMILES string of the molecule is CNC(Cc1c(C)nn(C)c1C)c1ncccc1OC. The summed E-state index contributed by atoms with van der Waals surface area (Å²) in [5, 5.41) is 7.80. The zero-order valence-corrected chi connectivity index (χ0v) is 12.8. The highest BCUT2D eigenvalue weighted by Crippen LogP contribution is 2.27. The molecule has 0 fully saturated rings. The second-order valence-electron chi connectivity index (χ2n) is 4.91. The molecule has 2 aromatic heterocycles. The van der Waals surface area contributed by atoms with E-state index in [4.69, 9.17) is 4.74 Å². The molecule has 5 heteroatoms. The van der Waals surface area contributed by atoms with E-state index in [1.165, 1.54) is 11.3 Å². The first kappa shape index (κ1) is 14.5. The van der Waals surface area contributed by atoms with Crippen molar-refractivity contribution in [3.8, 4) is 5.75 Å². The molecule has 20 heavy (non-hydrogen) atoms. The van der Waals surface area contributed by atoms with E-state index in [0.717, 1.165) is 23.6 Å². The van der Waals surface area contributed by atoms with Crippen LogP contribution in [0.15, 0.2) is 18.3 Å². The number of aromatic nitrogens is 3. The number of likely N-dealkylation sites (N-methyl/N-ethyl adjacent to an activating group) is 1. The van der Waals surface area contributed by atoms with Gasteiger partial charge in [0.05, 0.1) is 24.5 Å². The summed E-state index contributed by atoms with van der Waals surface area (Å²) in [6.45, 7) is 4.14. The van der Waals surface area contributed by atoms with Gasteiger partial charge in [0.2, 0.25) is 0 Å². The second kappa shape index (κ2) is 6.05. The van der Waals surface area contributed by atoms with Crippen LogP contribution in [0, 0.1) is 13.8 Å². The highest BCUT2D eigenvalue weighted by molar-refractivity contribution is 5.33. The maximum Gasteiger partial charge on any atom is 0.141 e. The van der Waals surface area contributed by atoms with Crippen LogP contribution in [0.2, 0.25) is 0 Å². The summed E-state index contributed by atoms with van der Waals surface area (Å²) in [5.74, 6) is 0.811. The largest absolute Gasteiger partial charge is 0.495 e. The average molecular weight is 274 g/mol. The van der Waals surface area contributed by atoms with Crippen LogP contribution in [0.4, 0.5) is 0 Å². The van der Waals surface area contributed by atoms with Crippen LogP contribution in [-0.4, -0.2) is 28.9 Å². The first-order valence-corrected chi connectivity index (χ1v) is 6.73. The lowest BCUT2D eigenvalue weighted by Crippen LogP contribution is -2.21. The molecule has 2 rings (SSSR count). The number of ether oxygens (including phenoxy) is 1. The minimum atomic E-state index is 0.104. The second-order valence-corrected chi connectivity index (χ2v) is 4.91. The lowest BCUT2D eigenvalue weighted by atomic mass is 10.0. The number of rotatable bonds is 5. The number of aryl methyl sites for hydroxylation is 2. The predicted molar refractivity (Wildman–Crippen MR) is 79.0 cm³/mol. The molecule has 0 aliphatic carbocycles. The van der Waals surface area contributed by atoms with Crippen LogP contribution in [0.1, 0.15) is 28.7 Å². The number of methoxy groups -OCH3 is 1. The lowest BCUT2D eigenvalue weighted by molar-refractivity contribution is 0.396. The number of nitrogens with zero attached hydrogens (tertiary/aromatic N) is 3. The van der Waals surface area contributed by atoms with E-state index < -0.39 is 0 Å². The van der Waals surface area contributed by atoms with Crippen molar-refractivity contribution in [3.05, 3.63) is 41.0 Å². The molecule has 1 atom stereocenters. The average Bonchev–Trinajstić information content (AvgIpc) is 2.70. The molecule has 0 saturated heterocycles. The Labute approximate surface area is 120 Å². The summed E-state index contributed by atoms with van der Waals surface area (Å²) in [5.41, 5.74) is 4.46. The number of hydrogen-bond donors (Lipinski definition) is 1. The maximum atomic E-state index is 5.41. The maximum absolute atomic E-state index is 5.41. The van der Waals surface area contributed by atoms with Crippen molar-refractivity contribution in [2.24, 2.45) is 7.05 Å². The van der Waals surface area contributed by atoms with E-state index in [2.05, 4.69) is 22.3 Å². The van der Waals surface area contributed by atoms with Crippen LogP contribution in [0.5, 0.6) is 5.75 Å². The van der Waals surface area contributed by atoms with E-state index in [1.807, 2.05) is 37.8 Å². The van der Waals surface area contributed by atoms with Crippen molar-refractivity contribution in [1.29, 1.82) is 0 Å². The van der Waals surface area contributed by atoms with Crippen LogP contribution >= 0.6 is 0 Å². The molecule has 0 aliphatic heterocycles. The van der Waals surface area contributed by atoms with Gasteiger partial charge >= 0.3 is 0 Å². The zero-order valence-electron chi connectivity index (χ0n) is 12.8. The minimum Gasteiger partial charge on any atom is -0.495 e. The third-order valence-corrected chi connectivity index (χ3v) is 3.77. The monoisotopic (exact) mass is 274 g/mol. The molecule has 0 aliphatic rings. The van der Waals surface area contributed by atoms with E-state index in [1.54, 1.807) is 13.3 Å². The topological polar surface area (TPSA) is 52.0 Å². The third kappa shape index (κ3) is 2.67. The molecule has 0 amide bonds. The molecular weight excluding hydrogens is 252 g/mol. The molecule has 0 radical (unpaired) electrons. The van der Waals surface area contributed by atoms with E-state index >= 15 is 0 Å². The van der Waals surface area contributed by atoms with E-state index in [-0.39, 0.29) is 6.04 Å². The smallest absolute Gasteiger partial charge is 0.141 e. The Morgan fingerprint density at radius 2 is 2.15 bits per heavy atom. The lowest BCUT2D eigenvalue weighted by Gasteiger charge is -2.18. The van der Waals surface area contributed by atoms with Crippen LogP contribution in [0.3, 0.4) is 0 Å². The van der Waals surface area contributed by atoms with Gasteiger partial charge in [-0.2, -0.15) is 5.10 Å². The molecule has 5 nitrogen and oxygen atoms in total. The summed E-state index contributed by atoms with van der Waals surface area (Å²) in [6, 6.07) is 3.93.